The van der Waals surface area contributed by atoms with Crippen LogP contribution in [-0.4, -0.2) is 24.9 Å². The summed E-state index contributed by atoms with van der Waals surface area (Å²) in [6.45, 7) is 7.27. The maximum absolute atomic E-state index is 11.3. The Bertz CT molecular complexity index is 295. The van der Waals surface area contributed by atoms with Gasteiger partial charge in [-0.3, -0.25) is 9.59 Å². The Balaban J connectivity index is -0.00000162. The lowest BCUT2D eigenvalue weighted by Crippen LogP contribution is -2.28. The van der Waals surface area contributed by atoms with Crippen molar-refractivity contribution in [3.63, 3.8) is 0 Å². The largest absolute Gasteiger partial charge is 0.356 e. The average Bonchev–Trinajstić information content (AvgIpc) is 2.38. The molecule has 0 unspecified atom stereocenters. The van der Waals surface area contributed by atoms with Crippen molar-refractivity contribution in [2.24, 2.45) is 5.92 Å². The lowest BCUT2D eigenvalue weighted by Gasteiger charge is -2.07. The molecule has 0 bridgehead atoms. The van der Waals surface area contributed by atoms with Crippen molar-refractivity contribution in [3.8, 4) is 0 Å². The number of hydrogen-bond donors (Lipinski definition) is 2. The monoisotopic (exact) mass is 272 g/mol. The molecule has 0 saturated carbocycles. The third-order valence-electron chi connectivity index (χ3n) is 2.73. The van der Waals surface area contributed by atoms with Gasteiger partial charge in [-0.25, -0.2) is 0 Å². The van der Waals surface area contributed by atoms with E-state index in [-0.39, 0.29) is 20.6 Å². The standard InChI is InChI=1S/C15H28N2O2.2H2/c1-4-5-10-14(18)16-11-8-6-7-9-12-17-15(19)13(2)3;;/h5,10,13H,4,6-9,11-12H2,1-3H3,(H,16,18)(H,17,19);2*1H/b10-5+;;. The molecular weight excluding hydrogens is 240 g/mol. The molecule has 0 radical (unpaired) electrons. The third-order valence-corrected chi connectivity index (χ3v) is 2.73. The van der Waals surface area contributed by atoms with Crippen LogP contribution in [0.2, 0.25) is 0 Å². The van der Waals surface area contributed by atoms with Crippen LogP contribution < -0.4 is 10.6 Å². The van der Waals surface area contributed by atoms with Gasteiger partial charge in [-0.1, -0.05) is 39.7 Å². The number of amides is 2. The molecule has 0 aliphatic carbocycles. The van der Waals surface area contributed by atoms with E-state index in [0.717, 1.165) is 45.2 Å². The quantitative estimate of drug-likeness (QED) is 0.474. The molecule has 0 aliphatic rings. The van der Waals surface area contributed by atoms with E-state index in [4.69, 9.17) is 0 Å². The van der Waals surface area contributed by atoms with Gasteiger partial charge in [-0.2, -0.15) is 0 Å². The number of unbranched alkanes of at least 4 members (excludes halogenated alkanes) is 3. The molecule has 0 aromatic rings. The first-order chi connectivity index (χ1) is 9.07. The Morgan fingerprint density at radius 3 is 2.16 bits per heavy atom. The van der Waals surface area contributed by atoms with Crippen LogP contribution in [0.15, 0.2) is 12.2 Å². The zero-order chi connectivity index (χ0) is 14.5. The number of rotatable bonds is 10. The van der Waals surface area contributed by atoms with Crippen LogP contribution in [0.5, 0.6) is 0 Å². The number of hydrogen-bond acceptors (Lipinski definition) is 2. The topological polar surface area (TPSA) is 58.2 Å². The fourth-order valence-corrected chi connectivity index (χ4v) is 1.51. The van der Waals surface area contributed by atoms with Crippen LogP contribution in [0.25, 0.3) is 0 Å². The molecule has 0 aromatic heterocycles. The third kappa shape index (κ3) is 11.5. The Morgan fingerprint density at radius 2 is 1.63 bits per heavy atom. The predicted octanol–water partition coefficient (Wildman–Crippen LogP) is 2.89. The van der Waals surface area contributed by atoms with Crippen molar-refractivity contribution in [2.45, 2.75) is 52.9 Å². The lowest BCUT2D eigenvalue weighted by molar-refractivity contribution is -0.124. The van der Waals surface area contributed by atoms with Crippen molar-refractivity contribution in [1.82, 2.24) is 10.6 Å². The van der Waals surface area contributed by atoms with Crippen LogP contribution in [0.1, 0.15) is 55.7 Å². The highest BCUT2D eigenvalue weighted by Crippen LogP contribution is 1.98. The first-order valence-electron chi connectivity index (χ1n) is 7.30. The molecule has 4 heteroatoms. The van der Waals surface area contributed by atoms with E-state index in [1.807, 2.05) is 26.8 Å². The molecular formula is C15H32N2O2. The summed E-state index contributed by atoms with van der Waals surface area (Å²) in [5, 5.41) is 5.74. The van der Waals surface area contributed by atoms with E-state index in [9.17, 15) is 9.59 Å². The minimum absolute atomic E-state index is 0. The molecule has 0 heterocycles. The van der Waals surface area contributed by atoms with Gasteiger partial charge >= 0.3 is 0 Å². The molecule has 0 spiro atoms. The van der Waals surface area contributed by atoms with Gasteiger partial charge in [-0.05, 0) is 25.3 Å². The summed E-state index contributed by atoms with van der Waals surface area (Å²) in [6.07, 6.45) is 8.48. The number of allylic oxidation sites excluding steroid dienone is 1. The van der Waals surface area contributed by atoms with Crippen molar-refractivity contribution < 1.29 is 12.4 Å². The maximum Gasteiger partial charge on any atom is 0.243 e. The summed E-state index contributed by atoms with van der Waals surface area (Å²) in [5.41, 5.74) is 0. The second-order valence-corrected chi connectivity index (χ2v) is 4.96. The van der Waals surface area contributed by atoms with E-state index in [0.29, 0.717) is 0 Å². The van der Waals surface area contributed by atoms with Crippen molar-refractivity contribution in [3.05, 3.63) is 12.2 Å². The Labute approximate surface area is 120 Å². The summed E-state index contributed by atoms with van der Waals surface area (Å²) in [5.74, 6) is 0.174. The van der Waals surface area contributed by atoms with E-state index in [1.54, 1.807) is 6.08 Å². The highest BCUT2D eigenvalue weighted by atomic mass is 16.2. The predicted molar refractivity (Wildman–Crippen MR) is 83.0 cm³/mol. The van der Waals surface area contributed by atoms with Crippen LogP contribution in [0.3, 0.4) is 0 Å². The molecule has 0 fully saturated rings. The molecule has 0 aromatic carbocycles. The fraction of sp³-hybridized carbons (Fsp3) is 0.733. The molecule has 4 nitrogen and oxygen atoms in total. The van der Waals surface area contributed by atoms with Gasteiger partial charge in [0.1, 0.15) is 0 Å². The molecule has 2 N–H and O–H groups in total. The van der Waals surface area contributed by atoms with Gasteiger partial charge in [-0.15, -0.1) is 0 Å². The summed E-state index contributed by atoms with van der Waals surface area (Å²) >= 11 is 0. The highest BCUT2D eigenvalue weighted by Gasteiger charge is 2.04. The molecule has 0 rings (SSSR count). The van der Waals surface area contributed by atoms with E-state index >= 15 is 0 Å². The fourth-order valence-electron chi connectivity index (χ4n) is 1.51. The zero-order valence-electron chi connectivity index (χ0n) is 12.5. The van der Waals surface area contributed by atoms with Crippen LogP contribution in [0.4, 0.5) is 0 Å². The van der Waals surface area contributed by atoms with Crippen LogP contribution in [0, 0.1) is 5.92 Å². The van der Waals surface area contributed by atoms with E-state index < -0.39 is 0 Å². The number of nitrogens with one attached hydrogen (secondary N) is 2. The Kier molecular flexibility index (Phi) is 10.9. The highest BCUT2D eigenvalue weighted by molar-refractivity contribution is 5.87. The van der Waals surface area contributed by atoms with Crippen molar-refractivity contribution in [1.29, 1.82) is 0 Å². The smallest absolute Gasteiger partial charge is 0.243 e. The molecule has 0 aliphatic heterocycles. The summed E-state index contributed by atoms with van der Waals surface area (Å²) in [6, 6.07) is 0. The second-order valence-electron chi connectivity index (χ2n) is 4.96. The van der Waals surface area contributed by atoms with Gasteiger partial charge < -0.3 is 10.6 Å². The SMILES string of the molecule is CC/C=C/C(=O)NCCCCCCNC(=O)C(C)C.[HH].[HH]. The zero-order valence-corrected chi connectivity index (χ0v) is 12.5. The summed E-state index contributed by atoms with van der Waals surface area (Å²) in [7, 11) is 0. The van der Waals surface area contributed by atoms with Crippen LogP contribution >= 0.6 is 0 Å². The van der Waals surface area contributed by atoms with Gasteiger partial charge in [0.2, 0.25) is 11.8 Å². The van der Waals surface area contributed by atoms with Gasteiger partial charge in [0.05, 0.1) is 0 Å². The minimum atomic E-state index is -0.00829. The molecule has 114 valence electrons. The number of carbonyl (C=O) groups excluding carboxylic acids is 2. The van der Waals surface area contributed by atoms with Gasteiger partial charge in [0, 0.05) is 21.9 Å². The second kappa shape index (κ2) is 11.8. The summed E-state index contributed by atoms with van der Waals surface area (Å²) < 4.78 is 0. The maximum atomic E-state index is 11.3. The normalized spacial score (nSPS) is 10.9. The minimum Gasteiger partial charge on any atom is -0.356 e. The van der Waals surface area contributed by atoms with Crippen LogP contribution in [-0.2, 0) is 9.59 Å². The average molecular weight is 272 g/mol. The first kappa shape index (κ1) is 17.7. The van der Waals surface area contributed by atoms with Gasteiger partial charge in [0.25, 0.3) is 0 Å². The van der Waals surface area contributed by atoms with Gasteiger partial charge in [0.15, 0.2) is 0 Å². The summed E-state index contributed by atoms with van der Waals surface area (Å²) in [4.78, 5) is 22.5. The van der Waals surface area contributed by atoms with Crippen molar-refractivity contribution in [2.75, 3.05) is 13.1 Å². The molecule has 0 saturated heterocycles. The van der Waals surface area contributed by atoms with E-state index in [1.165, 1.54) is 0 Å². The van der Waals surface area contributed by atoms with Crippen molar-refractivity contribution >= 4 is 11.8 Å². The molecule has 0 atom stereocenters. The first-order valence-corrected chi connectivity index (χ1v) is 7.30. The number of carbonyl (C=O) groups is 2. The molecule has 19 heavy (non-hydrogen) atoms. The lowest BCUT2D eigenvalue weighted by atomic mass is 10.1. The van der Waals surface area contributed by atoms with E-state index in [2.05, 4.69) is 10.6 Å². The molecule has 2 amide bonds. The Morgan fingerprint density at radius 1 is 1.05 bits per heavy atom. The Hall–Kier alpha value is -1.32.